The van der Waals surface area contributed by atoms with Crippen molar-refractivity contribution in [1.82, 2.24) is 4.90 Å². The second-order valence-corrected chi connectivity index (χ2v) is 10.3. The molecule has 3 aromatic rings. The number of carboxylic acids is 3. The second-order valence-electron chi connectivity index (χ2n) is 10.3. The van der Waals surface area contributed by atoms with Gasteiger partial charge < -0.3 is 29.7 Å². The van der Waals surface area contributed by atoms with Crippen molar-refractivity contribution in [1.29, 1.82) is 0 Å². The predicted octanol–water partition coefficient (Wildman–Crippen LogP) is 4.16. The van der Waals surface area contributed by atoms with Crippen LogP contribution < -0.4 is 0 Å². The van der Waals surface area contributed by atoms with Crippen molar-refractivity contribution in [3.05, 3.63) is 107 Å². The molecule has 0 bridgehead atoms. The highest BCUT2D eigenvalue weighted by atomic mass is 16.8. The summed E-state index contributed by atoms with van der Waals surface area (Å²) < 4.78 is 10.1. The highest BCUT2D eigenvalue weighted by Crippen LogP contribution is 2.32. The number of hydrogen-bond acceptors (Lipinski definition) is 6. The van der Waals surface area contributed by atoms with Crippen LogP contribution >= 0.6 is 0 Å². The zero-order valence-electron chi connectivity index (χ0n) is 23.5. The number of carbonyl (C=O) groups is 4. The molecule has 3 unspecified atom stereocenters. The van der Waals surface area contributed by atoms with Crippen molar-refractivity contribution in [3.63, 3.8) is 0 Å². The Morgan fingerprint density at radius 3 is 2.09 bits per heavy atom. The minimum Gasteiger partial charge on any atom is -0.480 e. The van der Waals surface area contributed by atoms with Crippen molar-refractivity contribution in [2.45, 2.75) is 43.6 Å². The topological polar surface area (TPSA) is 151 Å². The number of hydrogen-bond donors (Lipinski definition) is 3. The summed E-state index contributed by atoms with van der Waals surface area (Å²) in [6, 6.07) is 26.6. The number of nitrogens with zero attached hydrogens (tertiary/aromatic N) is 1. The smallest absolute Gasteiger partial charge is 0.377 e. The molecule has 10 heteroatoms. The van der Waals surface area contributed by atoms with Crippen LogP contribution in [-0.2, 0) is 35.1 Å². The summed E-state index contributed by atoms with van der Waals surface area (Å²) in [5.74, 6) is -9.40. The highest BCUT2D eigenvalue weighted by molar-refractivity contribution is 6.01. The highest BCUT2D eigenvalue weighted by Gasteiger charge is 2.58. The van der Waals surface area contributed by atoms with Gasteiger partial charge in [0.2, 0.25) is 0 Å². The maximum Gasteiger partial charge on any atom is 0.377 e. The Labute approximate surface area is 248 Å². The fraction of sp³-hybridized carbons (Fsp3) is 0.273. The Hall–Kier alpha value is -4.80. The zero-order chi connectivity index (χ0) is 31.0. The largest absolute Gasteiger partial charge is 0.480 e. The number of ether oxygens (including phenoxy) is 2. The molecule has 1 fully saturated rings. The number of carboxylic acid groups (broad SMARTS) is 3. The summed E-state index contributed by atoms with van der Waals surface area (Å²) in [5.41, 5.74) is 3.87. The van der Waals surface area contributed by atoms with E-state index in [2.05, 4.69) is 0 Å². The normalized spacial score (nSPS) is 17.3. The van der Waals surface area contributed by atoms with Crippen molar-refractivity contribution >= 4 is 36.0 Å². The molecule has 0 saturated carbocycles. The van der Waals surface area contributed by atoms with Gasteiger partial charge in [-0.2, -0.15) is 0 Å². The first kappa shape index (κ1) is 31.1. The number of carbonyl (C=O) groups excluding carboxylic acids is 1. The van der Waals surface area contributed by atoms with Crippen LogP contribution in [0.25, 0.3) is 12.2 Å². The number of rotatable bonds is 13. The molecule has 0 spiro atoms. The van der Waals surface area contributed by atoms with Crippen molar-refractivity contribution in [3.8, 4) is 0 Å². The average molecular weight is 588 g/mol. The van der Waals surface area contributed by atoms with Gasteiger partial charge >= 0.3 is 23.7 Å². The van der Waals surface area contributed by atoms with Gasteiger partial charge in [0.05, 0.1) is 6.61 Å². The number of aliphatic carboxylic acids is 3. The van der Waals surface area contributed by atoms with Crippen LogP contribution in [0, 0.1) is 0 Å². The SMILES string of the molecule is CC(C(CCc1ccccc1)c1cccc(/C=C/c2ccccc2)c1)N(CC(=O)O)C(=O)C1COC(C(=O)O)(C(=O)O)O1. The van der Waals surface area contributed by atoms with Crippen molar-refractivity contribution in [2.75, 3.05) is 13.2 Å². The lowest BCUT2D eigenvalue weighted by atomic mass is 9.85. The summed E-state index contributed by atoms with van der Waals surface area (Å²) in [6.45, 7) is 0.359. The molecule has 10 nitrogen and oxygen atoms in total. The fourth-order valence-corrected chi connectivity index (χ4v) is 5.17. The van der Waals surface area contributed by atoms with E-state index in [0.29, 0.717) is 12.8 Å². The van der Waals surface area contributed by atoms with Crippen LogP contribution in [0.4, 0.5) is 0 Å². The zero-order valence-corrected chi connectivity index (χ0v) is 23.5. The third-order valence-electron chi connectivity index (χ3n) is 7.44. The van der Waals surface area contributed by atoms with E-state index in [1.165, 1.54) is 0 Å². The molecule has 3 aromatic carbocycles. The van der Waals surface area contributed by atoms with Crippen LogP contribution in [0.15, 0.2) is 84.9 Å². The Kier molecular flexibility index (Phi) is 10.1. The quantitative estimate of drug-likeness (QED) is 0.198. The third-order valence-corrected chi connectivity index (χ3v) is 7.44. The van der Waals surface area contributed by atoms with E-state index in [0.717, 1.165) is 27.2 Å². The van der Waals surface area contributed by atoms with E-state index in [9.17, 15) is 34.5 Å². The Balaban J connectivity index is 1.66. The number of amides is 1. The molecule has 1 heterocycles. The van der Waals surface area contributed by atoms with Crippen LogP contribution in [0.1, 0.15) is 41.5 Å². The average Bonchev–Trinajstić information content (AvgIpc) is 3.47. The van der Waals surface area contributed by atoms with E-state index in [1.807, 2.05) is 97.1 Å². The molecule has 0 aliphatic carbocycles. The molecule has 224 valence electrons. The van der Waals surface area contributed by atoms with E-state index in [4.69, 9.17) is 9.47 Å². The molecular formula is C33H33NO9. The standard InChI is InChI=1S/C33H33NO9/c1-22(34(20-29(35)36)30(37)28-21-42-33(43-28,31(38)39)32(40)41)27(18-17-24-11-6-3-7-12-24)26-14-8-13-25(19-26)16-15-23-9-4-2-5-10-23/h2-16,19,22,27-28H,17-18,20-21H2,1H3,(H,35,36)(H,38,39)(H,40,41)/b16-15+. The second kappa shape index (κ2) is 13.9. The van der Waals surface area contributed by atoms with Gasteiger partial charge in [-0.3, -0.25) is 9.59 Å². The van der Waals surface area contributed by atoms with E-state index in [-0.39, 0.29) is 5.92 Å². The Morgan fingerprint density at radius 2 is 1.49 bits per heavy atom. The fourth-order valence-electron chi connectivity index (χ4n) is 5.17. The van der Waals surface area contributed by atoms with Gasteiger partial charge in [0.25, 0.3) is 5.91 Å². The van der Waals surface area contributed by atoms with Crippen LogP contribution in [0.5, 0.6) is 0 Å². The lowest BCUT2D eigenvalue weighted by Gasteiger charge is -2.35. The molecule has 4 rings (SSSR count). The van der Waals surface area contributed by atoms with Gasteiger partial charge in [0.15, 0.2) is 6.10 Å². The minimum absolute atomic E-state index is 0.348. The molecular weight excluding hydrogens is 554 g/mol. The minimum atomic E-state index is -3.05. The molecule has 3 N–H and O–H groups in total. The summed E-state index contributed by atoms with van der Waals surface area (Å²) >= 11 is 0. The molecule has 3 atom stereocenters. The van der Waals surface area contributed by atoms with Crippen LogP contribution in [0.3, 0.4) is 0 Å². The van der Waals surface area contributed by atoms with E-state index < -0.39 is 54.9 Å². The molecule has 43 heavy (non-hydrogen) atoms. The summed E-state index contributed by atoms with van der Waals surface area (Å²) in [7, 11) is 0. The maximum atomic E-state index is 13.7. The lowest BCUT2D eigenvalue weighted by Crippen LogP contribution is -2.52. The van der Waals surface area contributed by atoms with E-state index >= 15 is 0 Å². The van der Waals surface area contributed by atoms with Crippen molar-refractivity contribution < 1.29 is 44.0 Å². The predicted molar refractivity (Wildman–Crippen MR) is 157 cm³/mol. The monoisotopic (exact) mass is 587 g/mol. The number of aryl methyl sites for hydroxylation is 1. The first-order valence-electron chi connectivity index (χ1n) is 13.8. The van der Waals surface area contributed by atoms with Crippen molar-refractivity contribution in [2.24, 2.45) is 0 Å². The molecule has 1 aliphatic heterocycles. The summed E-state index contributed by atoms with van der Waals surface area (Å²) in [6.07, 6.45) is 3.52. The Morgan fingerprint density at radius 1 is 0.884 bits per heavy atom. The van der Waals surface area contributed by atoms with Gasteiger partial charge in [0.1, 0.15) is 6.54 Å². The summed E-state index contributed by atoms with van der Waals surface area (Å²) in [4.78, 5) is 50.0. The molecule has 1 amide bonds. The first-order chi connectivity index (χ1) is 20.6. The van der Waals surface area contributed by atoms with E-state index in [1.54, 1.807) is 6.92 Å². The summed E-state index contributed by atoms with van der Waals surface area (Å²) in [5, 5.41) is 28.6. The molecule has 0 radical (unpaired) electrons. The van der Waals surface area contributed by atoms with Gasteiger partial charge in [-0.25, -0.2) is 9.59 Å². The molecule has 0 aromatic heterocycles. The molecule has 1 saturated heterocycles. The van der Waals surface area contributed by atoms with Gasteiger partial charge in [0, 0.05) is 12.0 Å². The third kappa shape index (κ3) is 7.54. The van der Waals surface area contributed by atoms with Gasteiger partial charge in [-0.1, -0.05) is 97.1 Å². The maximum absolute atomic E-state index is 13.7. The van der Waals surface area contributed by atoms with Gasteiger partial charge in [-0.05, 0) is 42.0 Å². The van der Waals surface area contributed by atoms with Crippen LogP contribution in [-0.4, -0.2) is 75.1 Å². The van der Waals surface area contributed by atoms with Gasteiger partial charge in [-0.15, -0.1) is 0 Å². The molecule has 1 aliphatic rings. The first-order valence-corrected chi connectivity index (χ1v) is 13.8. The van der Waals surface area contributed by atoms with Crippen LogP contribution in [0.2, 0.25) is 0 Å². The number of benzene rings is 3. The Bertz CT molecular complexity index is 1460. The lowest BCUT2D eigenvalue weighted by molar-refractivity contribution is -0.218.